The van der Waals surface area contributed by atoms with E-state index in [1.807, 2.05) is 44.2 Å². The molecule has 2 aromatic carbocycles. The van der Waals surface area contributed by atoms with Crippen molar-refractivity contribution in [3.05, 3.63) is 72.6 Å². The molecule has 0 aliphatic carbocycles. The van der Waals surface area contributed by atoms with Gasteiger partial charge in [0, 0.05) is 23.5 Å². The number of rotatable bonds is 5. The number of benzene rings is 2. The Hall–Kier alpha value is -3.41. The summed E-state index contributed by atoms with van der Waals surface area (Å²) in [5.74, 6) is -0.378. The van der Waals surface area contributed by atoms with Gasteiger partial charge in [0.2, 0.25) is 5.91 Å². The number of amides is 2. The lowest BCUT2D eigenvalue weighted by atomic mass is 10.2. The highest BCUT2D eigenvalue weighted by molar-refractivity contribution is 6.04. The molecule has 0 atom stereocenters. The largest absolute Gasteiger partial charge is 0.326 e. The van der Waals surface area contributed by atoms with Crippen molar-refractivity contribution in [2.75, 3.05) is 10.6 Å². The van der Waals surface area contributed by atoms with Gasteiger partial charge in [0.15, 0.2) is 0 Å². The predicted molar refractivity (Wildman–Crippen MR) is 101 cm³/mol. The minimum atomic E-state index is -0.244. The maximum Gasteiger partial charge on any atom is 0.258 e. The van der Waals surface area contributed by atoms with Crippen molar-refractivity contribution in [2.45, 2.75) is 13.8 Å². The lowest BCUT2D eigenvalue weighted by Crippen LogP contribution is -2.17. The normalized spacial score (nSPS) is 10.6. The molecule has 0 aliphatic heterocycles. The molecule has 1 heterocycles. The Labute approximate surface area is 151 Å². The SMILES string of the molecule is CC(C)C(=O)Nc1ccc(NC(=O)c2cnn(-c3ccccc3)c2)cc1. The number of anilines is 2. The van der Waals surface area contributed by atoms with E-state index in [-0.39, 0.29) is 17.7 Å². The monoisotopic (exact) mass is 348 g/mol. The van der Waals surface area contributed by atoms with Crippen LogP contribution in [-0.2, 0) is 4.79 Å². The Bertz CT molecular complexity index is 899. The number of carbonyl (C=O) groups excluding carboxylic acids is 2. The number of aromatic nitrogens is 2. The molecule has 0 bridgehead atoms. The Balaban J connectivity index is 1.65. The standard InChI is InChI=1S/C20H20N4O2/c1-14(2)19(25)22-16-8-10-17(11-9-16)23-20(26)15-12-21-24(13-15)18-6-4-3-5-7-18/h3-14H,1-2H3,(H,22,25)(H,23,26). The summed E-state index contributed by atoms with van der Waals surface area (Å²) < 4.78 is 1.65. The van der Waals surface area contributed by atoms with Gasteiger partial charge in [-0.05, 0) is 36.4 Å². The molecule has 0 saturated carbocycles. The molecule has 0 unspecified atom stereocenters. The van der Waals surface area contributed by atoms with E-state index in [2.05, 4.69) is 15.7 Å². The highest BCUT2D eigenvalue weighted by atomic mass is 16.2. The van der Waals surface area contributed by atoms with E-state index in [1.54, 1.807) is 35.1 Å². The lowest BCUT2D eigenvalue weighted by Gasteiger charge is -2.09. The molecule has 26 heavy (non-hydrogen) atoms. The number of hydrogen-bond acceptors (Lipinski definition) is 3. The van der Waals surface area contributed by atoms with Gasteiger partial charge in [-0.1, -0.05) is 32.0 Å². The molecule has 6 nitrogen and oxygen atoms in total. The fraction of sp³-hybridized carbons (Fsp3) is 0.150. The summed E-state index contributed by atoms with van der Waals surface area (Å²) in [4.78, 5) is 24.1. The molecule has 0 fully saturated rings. The van der Waals surface area contributed by atoms with E-state index in [1.165, 1.54) is 6.20 Å². The van der Waals surface area contributed by atoms with Crippen molar-refractivity contribution in [3.8, 4) is 5.69 Å². The maximum atomic E-state index is 12.4. The number of hydrogen-bond donors (Lipinski definition) is 2. The molecule has 6 heteroatoms. The van der Waals surface area contributed by atoms with Crippen LogP contribution in [0.25, 0.3) is 5.69 Å². The minimum Gasteiger partial charge on any atom is -0.326 e. The summed E-state index contributed by atoms with van der Waals surface area (Å²) in [6.07, 6.45) is 3.21. The van der Waals surface area contributed by atoms with Crippen LogP contribution in [0.1, 0.15) is 24.2 Å². The van der Waals surface area contributed by atoms with Crippen LogP contribution in [0.5, 0.6) is 0 Å². The van der Waals surface area contributed by atoms with E-state index in [4.69, 9.17) is 0 Å². The van der Waals surface area contributed by atoms with Crippen LogP contribution in [0.15, 0.2) is 67.0 Å². The minimum absolute atomic E-state index is 0.0462. The van der Waals surface area contributed by atoms with Gasteiger partial charge in [-0.2, -0.15) is 5.10 Å². The van der Waals surface area contributed by atoms with Crippen LogP contribution in [0.2, 0.25) is 0 Å². The molecule has 3 aromatic rings. The van der Waals surface area contributed by atoms with Crippen LogP contribution >= 0.6 is 0 Å². The zero-order valence-electron chi connectivity index (χ0n) is 14.6. The Kier molecular flexibility index (Phi) is 5.12. The molecule has 0 radical (unpaired) electrons. The molecular formula is C20H20N4O2. The summed E-state index contributed by atoms with van der Waals surface area (Å²) in [7, 11) is 0. The molecule has 132 valence electrons. The van der Waals surface area contributed by atoms with Crippen molar-refractivity contribution in [1.82, 2.24) is 9.78 Å². The summed E-state index contributed by atoms with van der Waals surface area (Å²) in [6, 6.07) is 16.6. The third kappa shape index (κ3) is 4.16. The molecule has 0 saturated heterocycles. The summed E-state index contributed by atoms with van der Waals surface area (Å²) in [5.41, 5.74) is 2.69. The zero-order valence-corrected chi connectivity index (χ0v) is 14.6. The molecule has 1 aromatic heterocycles. The summed E-state index contributed by atoms with van der Waals surface area (Å²) in [5, 5.41) is 9.85. The van der Waals surface area contributed by atoms with E-state index in [9.17, 15) is 9.59 Å². The second-order valence-electron chi connectivity index (χ2n) is 6.18. The molecule has 2 N–H and O–H groups in total. The van der Waals surface area contributed by atoms with Gasteiger partial charge in [0.1, 0.15) is 0 Å². The van der Waals surface area contributed by atoms with E-state index in [0.29, 0.717) is 16.9 Å². The first-order valence-corrected chi connectivity index (χ1v) is 8.35. The van der Waals surface area contributed by atoms with Crippen molar-refractivity contribution in [1.29, 1.82) is 0 Å². The summed E-state index contributed by atoms with van der Waals surface area (Å²) >= 11 is 0. The van der Waals surface area contributed by atoms with Gasteiger partial charge in [0.25, 0.3) is 5.91 Å². The highest BCUT2D eigenvalue weighted by Gasteiger charge is 2.11. The average molecular weight is 348 g/mol. The predicted octanol–water partition coefficient (Wildman–Crippen LogP) is 3.72. The quantitative estimate of drug-likeness (QED) is 0.738. The smallest absolute Gasteiger partial charge is 0.258 e. The number of para-hydroxylation sites is 1. The van der Waals surface area contributed by atoms with E-state index in [0.717, 1.165) is 5.69 Å². The number of nitrogens with one attached hydrogen (secondary N) is 2. The van der Waals surface area contributed by atoms with Crippen LogP contribution in [0.3, 0.4) is 0 Å². The van der Waals surface area contributed by atoms with Gasteiger partial charge >= 0.3 is 0 Å². The highest BCUT2D eigenvalue weighted by Crippen LogP contribution is 2.16. The topological polar surface area (TPSA) is 76.0 Å². The first-order chi connectivity index (χ1) is 12.5. The van der Waals surface area contributed by atoms with Crippen LogP contribution < -0.4 is 10.6 Å². The van der Waals surface area contributed by atoms with Gasteiger partial charge in [-0.25, -0.2) is 4.68 Å². The Morgan fingerprint density at radius 1 is 0.923 bits per heavy atom. The average Bonchev–Trinajstić information content (AvgIpc) is 3.14. The third-order valence-corrected chi connectivity index (χ3v) is 3.80. The second kappa shape index (κ2) is 7.65. The summed E-state index contributed by atoms with van der Waals surface area (Å²) in [6.45, 7) is 3.67. The van der Waals surface area contributed by atoms with E-state index >= 15 is 0 Å². The lowest BCUT2D eigenvalue weighted by molar-refractivity contribution is -0.118. The molecule has 3 rings (SSSR count). The van der Waals surface area contributed by atoms with Crippen molar-refractivity contribution in [3.63, 3.8) is 0 Å². The molecular weight excluding hydrogens is 328 g/mol. The van der Waals surface area contributed by atoms with Gasteiger partial charge in [0.05, 0.1) is 17.4 Å². The van der Waals surface area contributed by atoms with Crippen LogP contribution in [-0.4, -0.2) is 21.6 Å². The molecule has 2 amide bonds. The molecule has 0 spiro atoms. The van der Waals surface area contributed by atoms with Crippen molar-refractivity contribution in [2.24, 2.45) is 5.92 Å². The zero-order chi connectivity index (χ0) is 18.5. The van der Waals surface area contributed by atoms with Crippen LogP contribution in [0.4, 0.5) is 11.4 Å². The maximum absolute atomic E-state index is 12.4. The number of carbonyl (C=O) groups is 2. The fourth-order valence-electron chi connectivity index (χ4n) is 2.29. The fourth-order valence-corrected chi connectivity index (χ4v) is 2.29. The third-order valence-electron chi connectivity index (χ3n) is 3.80. The van der Waals surface area contributed by atoms with Crippen molar-refractivity contribution >= 4 is 23.2 Å². The van der Waals surface area contributed by atoms with Crippen LogP contribution in [0, 0.1) is 5.92 Å². The Morgan fingerprint density at radius 3 is 2.15 bits per heavy atom. The number of nitrogens with zero attached hydrogens (tertiary/aromatic N) is 2. The molecule has 0 aliphatic rings. The Morgan fingerprint density at radius 2 is 1.54 bits per heavy atom. The van der Waals surface area contributed by atoms with Crippen molar-refractivity contribution < 1.29 is 9.59 Å². The first-order valence-electron chi connectivity index (χ1n) is 8.35. The second-order valence-corrected chi connectivity index (χ2v) is 6.18. The first kappa shape index (κ1) is 17.4. The van der Waals surface area contributed by atoms with E-state index < -0.39 is 0 Å². The van der Waals surface area contributed by atoms with Gasteiger partial charge in [-0.3, -0.25) is 9.59 Å². The van der Waals surface area contributed by atoms with Gasteiger partial charge in [-0.15, -0.1) is 0 Å². The van der Waals surface area contributed by atoms with Gasteiger partial charge < -0.3 is 10.6 Å².